The highest BCUT2D eigenvalue weighted by molar-refractivity contribution is 7.98. The van der Waals surface area contributed by atoms with Crippen LogP contribution in [-0.2, 0) is 6.54 Å². The van der Waals surface area contributed by atoms with Gasteiger partial charge < -0.3 is 10.2 Å². The van der Waals surface area contributed by atoms with Gasteiger partial charge in [-0.25, -0.2) is 9.07 Å². The topological polar surface area (TPSA) is 58.3 Å². The number of aliphatic hydroxyl groups is 1. The average molecular weight is 282 g/mol. The Morgan fingerprint density at radius 3 is 2.84 bits per heavy atom. The Labute approximate surface area is 114 Å². The summed E-state index contributed by atoms with van der Waals surface area (Å²) in [7, 11) is 0. The molecule has 0 saturated carbocycles. The number of benzene rings is 1. The van der Waals surface area contributed by atoms with E-state index in [4.69, 9.17) is 5.11 Å². The third-order valence-corrected chi connectivity index (χ3v) is 3.44. The molecule has 0 unspecified atom stereocenters. The van der Waals surface area contributed by atoms with Gasteiger partial charge in [0.05, 0.1) is 17.3 Å². The first-order valence-corrected chi connectivity index (χ1v) is 6.87. The fourth-order valence-corrected chi connectivity index (χ4v) is 2.29. The highest BCUT2D eigenvalue weighted by Crippen LogP contribution is 2.24. The van der Waals surface area contributed by atoms with Crippen molar-refractivity contribution in [2.45, 2.75) is 13.5 Å². The first-order chi connectivity index (χ1) is 9.08. The molecule has 6 heteroatoms. The van der Waals surface area contributed by atoms with E-state index >= 15 is 0 Å². The van der Waals surface area contributed by atoms with Crippen LogP contribution in [0.3, 0.4) is 0 Å². The van der Waals surface area contributed by atoms with Crippen LogP contribution in [0.4, 0.5) is 4.39 Å². The van der Waals surface area contributed by atoms with Crippen molar-refractivity contribution in [1.29, 1.82) is 0 Å². The second-order valence-corrected chi connectivity index (χ2v) is 5.43. The summed E-state index contributed by atoms with van der Waals surface area (Å²) in [6.45, 7) is 2.08. The Balaban J connectivity index is 2.22. The van der Waals surface area contributed by atoms with Crippen LogP contribution in [0.15, 0.2) is 30.3 Å². The van der Waals surface area contributed by atoms with Gasteiger partial charge in [-0.15, -0.1) is 0 Å². The number of rotatable bonds is 4. The van der Waals surface area contributed by atoms with Gasteiger partial charge in [0.1, 0.15) is 5.82 Å². The van der Waals surface area contributed by atoms with Crippen LogP contribution >= 0.6 is 11.4 Å². The lowest BCUT2D eigenvalue weighted by Gasteiger charge is -2.01. The number of nitrogens with zero attached hydrogens (tertiary/aromatic N) is 2. The quantitative estimate of drug-likeness (QED) is 0.596. The van der Waals surface area contributed by atoms with E-state index in [-0.39, 0.29) is 11.7 Å². The number of thiol groups is 1. The number of aromatic nitrogens is 2. The molecule has 102 valence electrons. The molecule has 2 N–H and O–H groups in total. The van der Waals surface area contributed by atoms with Crippen molar-refractivity contribution in [3.05, 3.63) is 36.1 Å². The second-order valence-electron chi connectivity index (χ2n) is 4.02. The normalized spacial score (nSPS) is 12.3. The average Bonchev–Trinajstić information content (AvgIpc) is 2.71. The lowest BCUT2D eigenvalue weighted by Crippen LogP contribution is -2.02. The van der Waals surface area contributed by atoms with Crippen LogP contribution in [0.25, 0.3) is 11.3 Å². The highest BCUT2D eigenvalue weighted by atomic mass is 32.1. The zero-order valence-electron chi connectivity index (χ0n) is 10.4. The Kier molecular flexibility index (Phi) is 4.34. The summed E-state index contributed by atoms with van der Waals surface area (Å²) in [5.74, 6) is 0.253. The van der Waals surface area contributed by atoms with E-state index < -0.39 is 0 Å². The van der Waals surface area contributed by atoms with Crippen molar-refractivity contribution < 1.29 is 14.6 Å². The van der Waals surface area contributed by atoms with Gasteiger partial charge in [0.25, 0.3) is 0 Å². The third kappa shape index (κ3) is 3.42. The summed E-state index contributed by atoms with van der Waals surface area (Å²) in [6.07, 6.45) is 0. The smallest absolute Gasteiger partial charge is 0.209 e. The molecule has 1 heterocycles. The zero-order valence-corrected chi connectivity index (χ0v) is 11.3. The minimum Gasteiger partial charge on any atom is -0.493 e. The fourth-order valence-electron chi connectivity index (χ4n) is 1.68. The zero-order chi connectivity index (χ0) is 13.8. The Hall–Kier alpha value is -1.66. The maximum atomic E-state index is 13.6. The van der Waals surface area contributed by atoms with E-state index in [2.05, 4.69) is 5.10 Å². The number of aliphatic hydroxyl groups excluding tert-OH is 1. The van der Waals surface area contributed by atoms with Gasteiger partial charge in [0, 0.05) is 17.4 Å². The predicted octanol–water partition coefficient (Wildman–Crippen LogP) is 2.57. The summed E-state index contributed by atoms with van der Waals surface area (Å²) in [6, 6.07) is 7.73. The molecule has 1 aromatic carbocycles. The monoisotopic (exact) mass is 282 g/mol. The van der Waals surface area contributed by atoms with Crippen molar-refractivity contribution >= 4 is 16.4 Å². The van der Waals surface area contributed by atoms with Gasteiger partial charge in [-0.3, -0.25) is 0 Å². The molecule has 0 atom stereocenters. The molecule has 4 nitrogen and oxygen atoms in total. The van der Waals surface area contributed by atoms with E-state index in [1.807, 2.05) is 0 Å². The molecule has 0 bridgehead atoms. The van der Waals surface area contributed by atoms with Crippen molar-refractivity contribution in [3.63, 3.8) is 0 Å². The fraction of sp³-hybridized carbons (Fsp3) is 0.231. The van der Waals surface area contributed by atoms with Gasteiger partial charge in [-0.1, -0.05) is 12.1 Å². The molecule has 0 aliphatic rings. The Bertz CT molecular complexity index is 606. The largest absolute Gasteiger partial charge is 0.493 e. The highest BCUT2D eigenvalue weighted by Gasteiger charge is 2.11. The molecule has 1 aromatic heterocycles. The predicted molar refractivity (Wildman–Crippen MR) is 76.4 cm³/mol. The second kappa shape index (κ2) is 5.99. The molecule has 2 rings (SSSR count). The van der Waals surface area contributed by atoms with E-state index in [0.717, 1.165) is 11.4 Å². The van der Waals surface area contributed by atoms with E-state index in [0.29, 0.717) is 28.6 Å². The Morgan fingerprint density at radius 2 is 2.16 bits per heavy atom. The third-order valence-electron chi connectivity index (χ3n) is 2.56. The minimum absolute atomic E-state index is 0.0101. The van der Waals surface area contributed by atoms with Gasteiger partial charge in [0.2, 0.25) is 5.88 Å². The number of hydrogen-bond donors (Lipinski definition) is 3. The van der Waals surface area contributed by atoms with Crippen molar-refractivity contribution in [2.75, 3.05) is 5.75 Å². The molecular formula is C13H15FN2O2S. The van der Waals surface area contributed by atoms with Gasteiger partial charge in [-0.2, -0.15) is 16.4 Å². The number of halogens is 1. The van der Waals surface area contributed by atoms with Gasteiger partial charge in [-0.05, 0) is 19.1 Å². The van der Waals surface area contributed by atoms with Crippen LogP contribution in [0.5, 0.6) is 5.88 Å². The van der Waals surface area contributed by atoms with E-state index in [9.17, 15) is 9.50 Å². The van der Waals surface area contributed by atoms with Gasteiger partial charge in [0.15, 0.2) is 0 Å². The van der Waals surface area contributed by atoms with Crippen LogP contribution in [0.2, 0.25) is 0 Å². The molecule has 0 spiro atoms. The molecule has 0 aliphatic heterocycles. The maximum Gasteiger partial charge on any atom is 0.209 e. The SMILES string of the molecule is CC(O)=[SH]CCn1nc(-c2ccccc2F)cc1O. The van der Waals surface area contributed by atoms with Crippen LogP contribution in [0, 0.1) is 5.82 Å². The molecule has 0 fully saturated rings. The first-order valence-electron chi connectivity index (χ1n) is 5.79. The number of aryl methyl sites for hydroxylation is 1. The van der Waals surface area contributed by atoms with Gasteiger partial charge >= 0.3 is 0 Å². The molecule has 2 aromatic rings. The summed E-state index contributed by atoms with van der Waals surface area (Å²) in [5.41, 5.74) is 0.760. The van der Waals surface area contributed by atoms with Crippen molar-refractivity contribution in [1.82, 2.24) is 9.78 Å². The van der Waals surface area contributed by atoms with Crippen LogP contribution in [-0.4, -0.2) is 30.8 Å². The summed E-state index contributed by atoms with van der Waals surface area (Å²) in [5, 5.41) is 23.3. The summed E-state index contributed by atoms with van der Waals surface area (Å²) < 4.78 is 15.0. The molecular weight excluding hydrogens is 267 g/mol. The van der Waals surface area contributed by atoms with Crippen LogP contribution in [0.1, 0.15) is 6.92 Å². The van der Waals surface area contributed by atoms with Crippen molar-refractivity contribution in [2.24, 2.45) is 0 Å². The lowest BCUT2D eigenvalue weighted by atomic mass is 10.1. The molecule has 19 heavy (non-hydrogen) atoms. The summed E-state index contributed by atoms with van der Waals surface area (Å²) >= 11 is 0.790. The standard InChI is InChI=1S/C13H15FN2O2S/c1-9(17)19-7-6-16-13(18)8-12(15-16)10-4-2-3-5-11(10)14/h2-5,8,17-19H,6-7H2,1H3. The Morgan fingerprint density at radius 1 is 1.42 bits per heavy atom. The lowest BCUT2D eigenvalue weighted by molar-refractivity contribution is 0.406. The minimum atomic E-state index is -0.371. The molecule has 0 radical (unpaired) electrons. The maximum absolute atomic E-state index is 13.6. The van der Waals surface area contributed by atoms with E-state index in [1.54, 1.807) is 25.1 Å². The summed E-state index contributed by atoms with van der Waals surface area (Å²) in [4.78, 5) is 0. The first kappa shape index (κ1) is 13.8. The number of aromatic hydroxyl groups is 1. The molecule has 0 saturated heterocycles. The van der Waals surface area contributed by atoms with E-state index in [1.165, 1.54) is 16.8 Å². The van der Waals surface area contributed by atoms with Crippen LogP contribution < -0.4 is 0 Å². The number of hydrogen-bond acceptors (Lipinski definition) is 2. The molecule has 0 aliphatic carbocycles. The molecule has 0 amide bonds. The van der Waals surface area contributed by atoms with Crippen molar-refractivity contribution in [3.8, 4) is 17.1 Å².